The lowest BCUT2D eigenvalue weighted by Crippen LogP contribution is -2.26. The molecule has 21 heteroatoms. The standard InChI is InChI=1S/C22H30ClN2O4P.C17H22ClN2O3P.C10H16ClN2O2P/c1-22(2,3)21(26)19-14-16(23)13-18(15-9-11-17(28-8)12-10-15)20(19)29-30(27,24(4)5)25(6)7;1-19(2)24(21,20(3)4)23-17-11-8-14(18)12-16(17)13-6-9-15(22-5)10-7-13;1-12(2)16(14,13(3)4)15-10-7-5-9(11)6-8-10/h9-14H,1-8H3;6-12H,1-5H3;5-8H,1-4H3. The van der Waals surface area contributed by atoms with Crippen molar-refractivity contribution in [1.29, 1.82) is 0 Å². The zero-order chi connectivity index (χ0) is 53.1. The second-order valence-corrected chi connectivity index (χ2v) is 27.4. The monoisotopic (exact) mass is 1080 g/mol. The average molecular weight is 1080 g/mol. The first-order valence-corrected chi connectivity index (χ1v) is 27.4. The van der Waals surface area contributed by atoms with Crippen LogP contribution in [0.25, 0.3) is 22.3 Å². The summed E-state index contributed by atoms with van der Waals surface area (Å²) in [6.07, 6.45) is 0. The smallest absolute Gasteiger partial charge is 0.394 e. The van der Waals surface area contributed by atoms with Crippen LogP contribution in [0.2, 0.25) is 15.1 Å². The second kappa shape index (κ2) is 25.7. The number of halogens is 3. The maximum Gasteiger partial charge on any atom is 0.394 e. The van der Waals surface area contributed by atoms with Crippen LogP contribution in [0.1, 0.15) is 31.1 Å². The van der Waals surface area contributed by atoms with E-state index in [1.807, 2.05) is 69.3 Å². The lowest BCUT2D eigenvalue weighted by Gasteiger charge is -2.32. The van der Waals surface area contributed by atoms with E-state index in [1.165, 1.54) is 9.34 Å². The first kappa shape index (κ1) is 60.4. The summed E-state index contributed by atoms with van der Waals surface area (Å²) in [6.45, 7) is 5.47. The molecule has 0 amide bonds. The molecule has 0 spiro atoms. The molecule has 5 aromatic rings. The van der Waals surface area contributed by atoms with Gasteiger partial charge in [0.2, 0.25) is 0 Å². The number of rotatable bonds is 17. The van der Waals surface area contributed by atoms with Gasteiger partial charge in [-0.05, 0) is 175 Å². The lowest BCUT2D eigenvalue weighted by atomic mass is 9.85. The zero-order valence-electron chi connectivity index (χ0n) is 43.1. The Morgan fingerprint density at radius 3 is 1.20 bits per heavy atom. The molecule has 0 radical (unpaired) electrons. The van der Waals surface area contributed by atoms with Gasteiger partial charge in [-0.25, -0.2) is 41.7 Å². The predicted molar refractivity (Wildman–Crippen MR) is 289 cm³/mol. The number of methoxy groups -OCH3 is 2. The van der Waals surface area contributed by atoms with Crippen molar-refractivity contribution in [2.24, 2.45) is 5.41 Å². The minimum atomic E-state index is -3.44. The quantitative estimate of drug-likeness (QED) is 0.0645. The van der Waals surface area contributed by atoms with Gasteiger partial charge in [0.25, 0.3) is 0 Å². The molecule has 5 rings (SSSR count). The highest BCUT2D eigenvalue weighted by Crippen LogP contribution is 2.55. The highest BCUT2D eigenvalue weighted by atomic mass is 35.5. The van der Waals surface area contributed by atoms with Crippen molar-refractivity contribution >= 4 is 63.6 Å². The van der Waals surface area contributed by atoms with Crippen molar-refractivity contribution in [3.8, 4) is 51.0 Å². The topological polar surface area (TPSA) is 134 Å². The minimum absolute atomic E-state index is 0.154. The van der Waals surface area contributed by atoms with E-state index in [4.69, 9.17) is 57.8 Å². The molecule has 15 nitrogen and oxygen atoms in total. The number of carbonyl (C=O) groups is 1. The lowest BCUT2D eigenvalue weighted by molar-refractivity contribution is 0.0856. The van der Waals surface area contributed by atoms with Gasteiger partial charge in [0, 0.05) is 31.6 Å². The van der Waals surface area contributed by atoms with Crippen LogP contribution >= 0.6 is 57.8 Å². The van der Waals surface area contributed by atoms with Gasteiger partial charge in [-0.3, -0.25) is 4.79 Å². The van der Waals surface area contributed by atoms with Crippen LogP contribution in [0.15, 0.2) is 103 Å². The van der Waals surface area contributed by atoms with Crippen molar-refractivity contribution in [2.45, 2.75) is 20.8 Å². The molecule has 384 valence electrons. The van der Waals surface area contributed by atoms with Crippen molar-refractivity contribution in [3.05, 3.63) is 124 Å². The normalized spacial score (nSPS) is 12.1. The van der Waals surface area contributed by atoms with Gasteiger partial charge in [-0.1, -0.05) is 79.8 Å². The maximum atomic E-state index is 13.6. The Morgan fingerprint density at radius 2 is 0.800 bits per heavy atom. The third-order valence-electron chi connectivity index (χ3n) is 10.2. The Morgan fingerprint density at radius 1 is 0.443 bits per heavy atom. The molecule has 0 heterocycles. The number of ketones is 1. The molecular weight excluding hydrogens is 1020 g/mol. The predicted octanol–water partition coefficient (Wildman–Crippen LogP) is 13.4. The van der Waals surface area contributed by atoms with E-state index in [9.17, 15) is 18.5 Å². The van der Waals surface area contributed by atoms with Crippen LogP contribution in [0.5, 0.6) is 28.7 Å². The van der Waals surface area contributed by atoms with Crippen molar-refractivity contribution in [2.75, 3.05) is 98.8 Å². The Bertz CT molecular complexity index is 2630. The van der Waals surface area contributed by atoms with Crippen LogP contribution in [-0.4, -0.2) is 133 Å². The number of hydrogen-bond acceptors (Lipinski definition) is 9. The van der Waals surface area contributed by atoms with Crippen LogP contribution < -0.4 is 23.0 Å². The van der Waals surface area contributed by atoms with Gasteiger partial charge in [0.05, 0.1) is 19.8 Å². The van der Waals surface area contributed by atoms with Gasteiger partial charge in [0.1, 0.15) is 28.7 Å². The molecular formula is C49H68Cl3N6O9P3. The Hall–Kier alpha value is -3.91. The molecule has 0 aliphatic heterocycles. The van der Waals surface area contributed by atoms with Crippen molar-refractivity contribution < 1.29 is 41.5 Å². The van der Waals surface area contributed by atoms with Crippen LogP contribution in [0, 0.1) is 5.41 Å². The molecule has 0 fully saturated rings. The summed E-state index contributed by atoms with van der Waals surface area (Å²) in [5, 5.41) is 1.60. The molecule has 0 saturated heterocycles. The molecule has 0 unspecified atom stereocenters. The highest BCUT2D eigenvalue weighted by molar-refractivity contribution is 7.54. The third-order valence-corrected chi connectivity index (χ3v) is 18.3. The molecule has 5 aromatic carbocycles. The zero-order valence-corrected chi connectivity index (χ0v) is 48.1. The Kier molecular flexibility index (Phi) is 22.1. The first-order valence-electron chi connectivity index (χ1n) is 21.6. The van der Waals surface area contributed by atoms with Crippen LogP contribution in [0.4, 0.5) is 0 Å². The summed E-state index contributed by atoms with van der Waals surface area (Å²) in [6, 6.07) is 30.2. The number of carbonyl (C=O) groups excluding carboxylic acids is 1. The summed E-state index contributed by atoms with van der Waals surface area (Å²) in [7, 11) is 14.1. The van der Waals surface area contributed by atoms with E-state index in [1.54, 1.807) is 172 Å². The van der Waals surface area contributed by atoms with E-state index in [-0.39, 0.29) is 11.5 Å². The minimum Gasteiger partial charge on any atom is -0.497 e. The Labute approximate surface area is 430 Å². The van der Waals surface area contributed by atoms with E-state index >= 15 is 0 Å². The van der Waals surface area contributed by atoms with Gasteiger partial charge in [-0.2, -0.15) is 0 Å². The number of benzene rings is 5. The second-order valence-electron chi connectivity index (χ2n) is 17.8. The summed E-state index contributed by atoms with van der Waals surface area (Å²) in [5.41, 5.74) is 2.64. The molecule has 0 bridgehead atoms. The van der Waals surface area contributed by atoms with Crippen molar-refractivity contribution in [1.82, 2.24) is 28.0 Å². The molecule has 0 N–H and O–H groups in total. The fourth-order valence-corrected chi connectivity index (χ4v) is 11.2. The first-order chi connectivity index (χ1) is 32.4. The van der Waals surface area contributed by atoms with E-state index < -0.39 is 28.4 Å². The molecule has 70 heavy (non-hydrogen) atoms. The number of Topliss-reactive ketones (excluding diaryl/α,β-unsaturated/α-hetero) is 1. The highest BCUT2D eigenvalue weighted by Gasteiger charge is 2.37. The van der Waals surface area contributed by atoms with E-state index in [2.05, 4.69) is 0 Å². The third kappa shape index (κ3) is 15.5. The molecule has 0 aromatic heterocycles. The summed E-state index contributed by atoms with van der Waals surface area (Å²) >= 11 is 18.3. The maximum absolute atomic E-state index is 13.6. The van der Waals surface area contributed by atoms with E-state index in [0.29, 0.717) is 43.4 Å². The van der Waals surface area contributed by atoms with Crippen LogP contribution in [-0.2, 0) is 13.7 Å². The molecule has 0 atom stereocenters. The summed E-state index contributed by atoms with van der Waals surface area (Å²) in [4.78, 5) is 13.3. The number of hydrogen-bond donors (Lipinski definition) is 0. The largest absolute Gasteiger partial charge is 0.497 e. The number of nitrogens with zero attached hydrogens (tertiary/aromatic N) is 6. The van der Waals surface area contributed by atoms with Gasteiger partial charge >= 0.3 is 23.0 Å². The average Bonchev–Trinajstić information content (AvgIpc) is 3.30. The summed E-state index contributed by atoms with van der Waals surface area (Å²) < 4.78 is 76.6. The van der Waals surface area contributed by atoms with Gasteiger partial charge in [0.15, 0.2) is 5.78 Å². The van der Waals surface area contributed by atoms with Crippen molar-refractivity contribution in [3.63, 3.8) is 0 Å². The molecule has 0 aliphatic carbocycles. The van der Waals surface area contributed by atoms with Gasteiger partial charge in [-0.15, -0.1) is 0 Å². The Balaban J connectivity index is 0.000000291. The number of ether oxygens (including phenoxy) is 2. The summed E-state index contributed by atoms with van der Waals surface area (Å²) in [5.74, 6) is 2.59. The fourth-order valence-electron chi connectivity index (χ4n) is 6.27. The van der Waals surface area contributed by atoms with Gasteiger partial charge < -0.3 is 23.0 Å². The molecule has 0 aliphatic rings. The van der Waals surface area contributed by atoms with Crippen LogP contribution in [0.3, 0.4) is 0 Å². The molecule has 0 saturated carbocycles. The van der Waals surface area contributed by atoms with E-state index in [0.717, 1.165) is 22.4 Å². The fraction of sp³-hybridized carbons (Fsp3) is 0.367. The SMILES string of the molecule is CN(C)P(=O)(Oc1ccc(Cl)cc1)N(C)C.COc1ccc(-c2cc(Cl)cc(C(=O)C(C)(C)C)c2OP(=O)(N(C)C)N(C)C)cc1.COc1ccc(-c2cc(Cl)ccc2OP(=O)(N(C)C)N(C)C)cc1.